The summed E-state index contributed by atoms with van der Waals surface area (Å²) in [4.78, 5) is 0. The lowest BCUT2D eigenvalue weighted by Crippen LogP contribution is -2.16. The van der Waals surface area contributed by atoms with Gasteiger partial charge in [-0.25, -0.2) is 8.42 Å². The highest BCUT2D eigenvalue weighted by Crippen LogP contribution is 2.37. The van der Waals surface area contributed by atoms with Gasteiger partial charge in [0.15, 0.2) is 9.84 Å². The molecule has 0 N–H and O–H groups in total. The number of hydrogen-bond acceptors (Lipinski definition) is 2. The molecule has 2 atom stereocenters. The Bertz CT molecular complexity index is 499. The first-order chi connectivity index (χ1) is 8.03. The van der Waals surface area contributed by atoms with E-state index in [9.17, 15) is 8.42 Å². The largest absolute Gasteiger partial charge is 0.229 e. The second-order valence-corrected chi connectivity index (χ2v) is 7.39. The molecule has 2 nitrogen and oxygen atoms in total. The van der Waals surface area contributed by atoms with Crippen molar-refractivity contribution < 1.29 is 8.42 Å². The van der Waals surface area contributed by atoms with Crippen molar-refractivity contribution in [1.82, 2.24) is 0 Å². The Kier molecular flexibility index (Phi) is 4.01. The first-order valence-corrected chi connectivity index (χ1v) is 8.27. The zero-order valence-corrected chi connectivity index (χ0v) is 11.6. The zero-order valence-electron chi connectivity index (χ0n) is 9.27. The average molecular weight is 293 g/mol. The van der Waals surface area contributed by atoms with Gasteiger partial charge in [-0.15, -0.1) is 11.6 Å². The van der Waals surface area contributed by atoms with Crippen molar-refractivity contribution in [3.05, 3.63) is 34.9 Å². The van der Waals surface area contributed by atoms with Gasteiger partial charge in [0.05, 0.1) is 11.5 Å². The van der Waals surface area contributed by atoms with Crippen LogP contribution in [0.3, 0.4) is 0 Å². The molecule has 2 unspecified atom stereocenters. The molecule has 0 amide bonds. The van der Waals surface area contributed by atoms with Gasteiger partial charge in [0, 0.05) is 16.8 Å². The van der Waals surface area contributed by atoms with Gasteiger partial charge in [0.2, 0.25) is 0 Å². The van der Waals surface area contributed by atoms with Crippen LogP contribution in [0, 0.1) is 5.92 Å². The van der Waals surface area contributed by atoms with Crippen molar-refractivity contribution in [3.8, 4) is 0 Å². The SMILES string of the molecule is O=S1(=O)CCC(C(CCl)c2ccccc2Cl)C1. The molecule has 1 saturated heterocycles. The molecule has 0 radical (unpaired) electrons. The molecule has 2 rings (SSSR count). The van der Waals surface area contributed by atoms with Crippen LogP contribution >= 0.6 is 23.2 Å². The predicted octanol–water partition coefficient (Wildman–Crippen LogP) is 3.10. The number of hydrogen-bond donors (Lipinski definition) is 0. The Labute approximate surface area is 112 Å². The molecule has 1 heterocycles. The van der Waals surface area contributed by atoms with E-state index in [0.29, 0.717) is 17.3 Å². The van der Waals surface area contributed by atoms with E-state index in [1.165, 1.54) is 0 Å². The summed E-state index contributed by atoms with van der Waals surface area (Å²) in [7, 11) is -2.87. The van der Waals surface area contributed by atoms with Crippen molar-refractivity contribution in [2.75, 3.05) is 17.4 Å². The first kappa shape index (κ1) is 13.2. The van der Waals surface area contributed by atoms with Gasteiger partial charge < -0.3 is 0 Å². The Morgan fingerprint density at radius 3 is 2.59 bits per heavy atom. The van der Waals surface area contributed by atoms with E-state index >= 15 is 0 Å². The van der Waals surface area contributed by atoms with E-state index < -0.39 is 9.84 Å². The topological polar surface area (TPSA) is 34.1 Å². The number of sulfone groups is 1. The highest BCUT2D eigenvalue weighted by atomic mass is 35.5. The number of benzene rings is 1. The minimum atomic E-state index is -2.87. The molecular formula is C12H14Cl2O2S. The number of alkyl halides is 1. The molecule has 0 spiro atoms. The third kappa shape index (κ3) is 2.95. The van der Waals surface area contributed by atoms with E-state index in [0.717, 1.165) is 5.56 Å². The minimum Gasteiger partial charge on any atom is -0.229 e. The minimum absolute atomic E-state index is 0.0302. The Morgan fingerprint density at radius 1 is 1.35 bits per heavy atom. The molecular weight excluding hydrogens is 279 g/mol. The molecule has 17 heavy (non-hydrogen) atoms. The molecule has 0 aliphatic carbocycles. The van der Waals surface area contributed by atoms with Crippen molar-refractivity contribution in [2.45, 2.75) is 12.3 Å². The molecule has 0 bridgehead atoms. The lowest BCUT2D eigenvalue weighted by Gasteiger charge is -2.21. The van der Waals surface area contributed by atoms with E-state index in [1.807, 2.05) is 24.3 Å². The second-order valence-electron chi connectivity index (χ2n) is 4.45. The van der Waals surface area contributed by atoms with Crippen LogP contribution in [0.2, 0.25) is 5.02 Å². The van der Waals surface area contributed by atoms with Gasteiger partial charge in [0.25, 0.3) is 0 Å². The molecule has 1 fully saturated rings. The summed E-state index contributed by atoms with van der Waals surface area (Å²) in [6.07, 6.45) is 0.685. The van der Waals surface area contributed by atoms with Gasteiger partial charge in [0.1, 0.15) is 0 Å². The third-order valence-electron chi connectivity index (χ3n) is 3.31. The summed E-state index contributed by atoms with van der Waals surface area (Å²) in [5, 5.41) is 0.669. The summed E-state index contributed by atoms with van der Waals surface area (Å²) in [5.41, 5.74) is 0.964. The summed E-state index contributed by atoms with van der Waals surface area (Å²) in [6.45, 7) is 0. The average Bonchev–Trinajstić information content (AvgIpc) is 2.63. The lowest BCUT2D eigenvalue weighted by atomic mass is 9.87. The van der Waals surface area contributed by atoms with Crippen molar-refractivity contribution in [2.24, 2.45) is 5.92 Å². The second kappa shape index (κ2) is 5.17. The zero-order chi connectivity index (χ0) is 12.5. The third-order valence-corrected chi connectivity index (χ3v) is 5.78. The van der Waals surface area contributed by atoms with Crippen molar-refractivity contribution in [1.29, 1.82) is 0 Å². The smallest absolute Gasteiger partial charge is 0.150 e. The Balaban J connectivity index is 2.26. The maximum atomic E-state index is 11.5. The molecule has 5 heteroatoms. The quantitative estimate of drug-likeness (QED) is 0.803. The van der Waals surface area contributed by atoms with Gasteiger partial charge in [-0.2, -0.15) is 0 Å². The van der Waals surface area contributed by atoms with Crippen LogP contribution in [0.15, 0.2) is 24.3 Å². The molecule has 94 valence electrons. The van der Waals surface area contributed by atoms with E-state index in [4.69, 9.17) is 23.2 Å². The predicted molar refractivity (Wildman–Crippen MR) is 71.7 cm³/mol. The van der Waals surface area contributed by atoms with Gasteiger partial charge in [-0.3, -0.25) is 0 Å². The van der Waals surface area contributed by atoms with Crippen molar-refractivity contribution in [3.63, 3.8) is 0 Å². The monoisotopic (exact) mass is 292 g/mol. The lowest BCUT2D eigenvalue weighted by molar-refractivity contribution is 0.502. The van der Waals surface area contributed by atoms with Crippen LogP contribution < -0.4 is 0 Å². The van der Waals surface area contributed by atoms with Gasteiger partial charge >= 0.3 is 0 Å². The fraction of sp³-hybridized carbons (Fsp3) is 0.500. The standard InChI is InChI=1S/C12H14Cl2O2S/c13-7-11(9-5-6-17(15,16)8-9)10-3-1-2-4-12(10)14/h1-4,9,11H,5-8H2. The van der Waals surface area contributed by atoms with Gasteiger partial charge in [-0.1, -0.05) is 29.8 Å². The Hall–Kier alpha value is -0.250. The van der Waals surface area contributed by atoms with Crippen LogP contribution in [-0.4, -0.2) is 25.8 Å². The molecule has 1 aliphatic heterocycles. The van der Waals surface area contributed by atoms with Crippen LogP contribution in [0.1, 0.15) is 17.9 Å². The summed E-state index contributed by atoms with van der Waals surface area (Å²) < 4.78 is 23.0. The van der Waals surface area contributed by atoms with Crippen LogP contribution in [-0.2, 0) is 9.84 Å². The maximum Gasteiger partial charge on any atom is 0.150 e. The molecule has 0 aromatic heterocycles. The van der Waals surface area contributed by atoms with Crippen LogP contribution in [0.25, 0.3) is 0 Å². The first-order valence-electron chi connectivity index (χ1n) is 5.54. The maximum absolute atomic E-state index is 11.5. The molecule has 0 saturated carbocycles. The summed E-state index contributed by atoms with van der Waals surface area (Å²) in [5.74, 6) is 1.04. The molecule has 1 aromatic carbocycles. The van der Waals surface area contributed by atoms with Crippen molar-refractivity contribution >= 4 is 33.0 Å². The Morgan fingerprint density at radius 2 is 2.06 bits per heavy atom. The molecule has 1 aliphatic rings. The fourth-order valence-corrected chi connectivity index (χ4v) is 4.95. The van der Waals surface area contributed by atoms with E-state index in [1.54, 1.807) is 0 Å². The van der Waals surface area contributed by atoms with E-state index in [2.05, 4.69) is 0 Å². The van der Waals surface area contributed by atoms with Crippen LogP contribution in [0.5, 0.6) is 0 Å². The summed E-state index contributed by atoms with van der Waals surface area (Å²) in [6, 6.07) is 7.52. The number of rotatable bonds is 3. The van der Waals surface area contributed by atoms with Gasteiger partial charge in [-0.05, 0) is 24.0 Å². The highest BCUT2D eigenvalue weighted by Gasteiger charge is 2.34. The molecule has 1 aromatic rings. The van der Waals surface area contributed by atoms with Crippen LogP contribution in [0.4, 0.5) is 0 Å². The highest BCUT2D eigenvalue weighted by molar-refractivity contribution is 7.91. The summed E-state index contributed by atoms with van der Waals surface area (Å²) >= 11 is 12.1. The normalized spacial score (nSPS) is 24.7. The number of halogens is 2. The fourth-order valence-electron chi connectivity index (χ4n) is 2.38. The van der Waals surface area contributed by atoms with E-state index in [-0.39, 0.29) is 23.3 Å².